The van der Waals surface area contributed by atoms with Crippen molar-refractivity contribution < 1.29 is 19.2 Å². The topological polar surface area (TPSA) is 101 Å². The number of aldehydes is 1. The second kappa shape index (κ2) is 8.99. The summed E-state index contributed by atoms with van der Waals surface area (Å²) in [4.78, 5) is 64.5. The summed E-state index contributed by atoms with van der Waals surface area (Å²) in [5, 5.41) is 6.05. The van der Waals surface area contributed by atoms with Crippen molar-refractivity contribution in [1.82, 2.24) is 9.97 Å². The third-order valence-corrected chi connectivity index (χ3v) is 8.43. The monoisotopic (exact) mass is 560 g/mol. The summed E-state index contributed by atoms with van der Waals surface area (Å²) in [7, 11) is 1.69. The second-order valence-corrected chi connectivity index (χ2v) is 10.5. The van der Waals surface area contributed by atoms with E-state index in [1.54, 1.807) is 80.4 Å². The summed E-state index contributed by atoms with van der Waals surface area (Å²) in [6.07, 6.45) is 7.10. The number of pyridine rings is 2. The molecule has 1 aliphatic rings. The Labute approximate surface area is 244 Å². The molecular weight excluding hydrogens is 540 g/mol. The molecule has 0 atom stereocenters. The fourth-order valence-electron chi connectivity index (χ4n) is 6.47. The fourth-order valence-corrected chi connectivity index (χ4v) is 6.47. The van der Waals surface area contributed by atoms with Gasteiger partial charge < -0.3 is 4.90 Å². The van der Waals surface area contributed by atoms with E-state index in [1.807, 2.05) is 24.3 Å². The summed E-state index contributed by atoms with van der Waals surface area (Å²) in [6, 6.07) is 21.3. The number of hydrogen-bond acceptors (Lipinski definition) is 6. The van der Waals surface area contributed by atoms with Crippen molar-refractivity contribution in [2.24, 2.45) is 0 Å². The van der Waals surface area contributed by atoms with Crippen LogP contribution in [0.1, 0.15) is 41.4 Å². The van der Waals surface area contributed by atoms with Gasteiger partial charge in [0.15, 0.2) is 6.29 Å². The van der Waals surface area contributed by atoms with E-state index in [-0.39, 0.29) is 5.91 Å². The summed E-state index contributed by atoms with van der Waals surface area (Å²) >= 11 is 0. The van der Waals surface area contributed by atoms with Gasteiger partial charge in [-0.1, -0.05) is 30.3 Å². The quantitative estimate of drug-likeness (QED) is 0.107. The highest BCUT2D eigenvalue weighted by atomic mass is 16.2. The lowest BCUT2D eigenvalue weighted by molar-refractivity contribution is 0.0892. The molecule has 0 fully saturated rings. The molecule has 8 rings (SSSR count). The van der Waals surface area contributed by atoms with Crippen molar-refractivity contribution >= 4 is 78.5 Å². The molecule has 8 heteroatoms. The molecule has 0 radical (unpaired) electrons. The zero-order valence-corrected chi connectivity index (χ0v) is 22.7. The Hall–Kier alpha value is -6.02. The smallest absolute Gasteiger partial charge is 0.265 e. The first kappa shape index (κ1) is 24.8. The number of rotatable bonds is 4. The molecule has 0 saturated carbocycles. The maximum atomic E-state index is 13.9. The Balaban J connectivity index is 1.43. The molecule has 8 nitrogen and oxygen atoms in total. The molecule has 43 heavy (non-hydrogen) atoms. The van der Waals surface area contributed by atoms with Crippen molar-refractivity contribution in [2.75, 3.05) is 16.8 Å². The number of nitrogens with zero attached hydrogens (tertiary/aromatic N) is 4. The zero-order chi connectivity index (χ0) is 29.4. The summed E-state index contributed by atoms with van der Waals surface area (Å²) in [5.74, 6) is -1.07. The second-order valence-electron chi connectivity index (χ2n) is 10.5. The molecule has 204 valence electrons. The van der Waals surface area contributed by atoms with Crippen molar-refractivity contribution in [3.8, 4) is 0 Å². The van der Waals surface area contributed by atoms with Crippen LogP contribution in [0.3, 0.4) is 0 Å². The molecule has 7 aromatic rings. The van der Waals surface area contributed by atoms with Crippen LogP contribution in [0, 0.1) is 0 Å². The van der Waals surface area contributed by atoms with E-state index in [0.29, 0.717) is 44.4 Å². The van der Waals surface area contributed by atoms with Gasteiger partial charge in [0.1, 0.15) is 0 Å². The first-order chi connectivity index (χ1) is 21.0. The van der Waals surface area contributed by atoms with E-state index < -0.39 is 11.8 Å². The normalized spacial score (nSPS) is 13.0. The number of benzene rings is 5. The molecule has 0 unspecified atom stereocenters. The van der Waals surface area contributed by atoms with Crippen LogP contribution in [-0.2, 0) is 0 Å². The third-order valence-electron chi connectivity index (χ3n) is 8.43. The fraction of sp³-hybridized carbons (Fsp3) is 0.0286. The van der Waals surface area contributed by atoms with Gasteiger partial charge in [0.05, 0.1) is 5.69 Å². The number of imide groups is 1. The lowest BCUT2D eigenvalue weighted by atomic mass is 9.83. The number of aromatic nitrogens is 2. The van der Waals surface area contributed by atoms with Crippen molar-refractivity contribution in [1.29, 1.82) is 0 Å². The lowest BCUT2D eigenvalue weighted by Crippen LogP contribution is -2.40. The molecule has 0 bridgehead atoms. The number of fused-ring (bicyclic) bond motifs is 2. The minimum Gasteiger partial charge on any atom is -0.311 e. The van der Waals surface area contributed by atoms with E-state index in [4.69, 9.17) is 0 Å². The van der Waals surface area contributed by atoms with Gasteiger partial charge >= 0.3 is 0 Å². The minimum atomic E-state index is -0.403. The van der Waals surface area contributed by atoms with Gasteiger partial charge in [0, 0.05) is 70.5 Å². The van der Waals surface area contributed by atoms with E-state index in [1.165, 1.54) is 9.80 Å². The van der Waals surface area contributed by atoms with Crippen LogP contribution < -0.4 is 9.80 Å². The van der Waals surface area contributed by atoms with Crippen LogP contribution in [0.15, 0.2) is 97.6 Å². The average molecular weight is 561 g/mol. The third kappa shape index (κ3) is 3.31. The first-order valence-electron chi connectivity index (χ1n) is 13.6. The highest BCUT2D eigenvalue weighted by Crippen LogP contribution is 2.45. The van der Waals surface area contributed by atoms with Gasteiger partial charge in [-0.3, -0.25) is 29.1 Å². The van der Waals surface area contributed by atoms with Gasteiger partial charge in [-0.25, -0.2) is 4.90 Å². The number of anilines is 2. The summed E-state index contributed by atoms with van der Waals surface area (Å²) in [5.41, 5.74) is 2.79. The largest absolute Gasteiger partial charge is 0.311 e. The molecule has 5 aromatic carbocycles. The van der Waals surface area contributed by atoms with Gasteiger partial charge in [0.25, 0.3) is 17.7 Å². The molecule has 3 amide bonds. The summed E-state index contributed by atoms with van der Waals surface area (Å²) in [6.45, 7) is 0. The Morgan fingerprint density at radius 1 is 0.651 bits per heavy atom. The molecule has 0 N–H and O–H groups in total. The van der Waals surface area contributed by atoms with Crippen molar-refractivity contribution in [3.63, 3.8) is 0 Å². The zero-order valence-electron chi connectivity index (χ0n) is 22.7. The molecule has 0 saturated heterocycles. The number of carbonyl (C=O) groups excluding carboxylic acids is 4. The molecule has 2 aromatic heterocycles. The van der Waals surface area contributed by atoms with E-state index in [9.17, 15) is 19.2 Å². The Bertz CT molecular complexity index is 2260. The predicted octanol–water partition coefficient (Wildman–Crippen LogP) is 6.42. The highest BCUT2D eigenvalue weighted by Gasteiger charge is 2.35. The average Bonchev–Trinajstić information content (AvgIpc) is 3.06. The van der Waals surface area contributed by atoms with Gasteiger partial charge in [0.2, 0.25) is 0 Å². The Morgan fingerprint density at radius 2 is 1.16 bits per heavy atom. The molecule has 0 spiro atoms. The van der Waals surface area contributed by atoms with Gasteiger partial charge in [-0.15, -0.1) is 0 Å². The van der Waals surface area contributed by atoms with Crippen LogP contribution >= 0.6 is 0 Å². The Morgan fingerprint density at radius 3 is 1.74 bits per heavy atom. The van der Waals surface area contributed by atoms with Crippen LogP contribution in [0.4, 0.5) is 11.4 Å². The highest BCUT2D eigenvalue weighted by molar-refractivity contribution is 6.43. The number of hydrogen-bond donors (Lipinski definition) is 0. The molecule has 0 aliphatic carbocycles. The van der Waals surface area contributed by atoms with Crippen molar-refractivity contribution in [3.05, 3.63) is 120 Å². The van der Waals surface area contributed by atoms with Gasteiger partial charge in [-0.05, 0) is 74.8 Å². The van der Waals surface area contributed by atoms with Crippen LogP contribution in [0.25, 0.3) is 43.1 Å². The molecule has 3 heterocycles. The predicted molar refractivity (Wildman–Crippen MR) is 165 cm³/mol. The lowest BCUT2D eigenvalue weighted by Gasteiger charge is -2.28. The standard InChI is InChI=1S/C35H20N4O4/c1-38(20-10-14-36-15-11-20)33(41)26-7-4-23-25-6-9-28-32-27(34(42)39(35(28)43)21-12-16-37-17-13-21)8-5-24(31(25)32)22-3-2-19(18-40)29(26)30(22)23/h2-18H,1H3. The maximum Gasteiger partial charge on any atom is 0.265 e. The van der Waals surface area contributed by atoms with Gasteiger partial charge in [-0.2, -0.15) is 0 Å². The first-order valence-corrected chi connectivity index (χ1v) is 13.6. The number of amides is 3. The summed E-state index contributed by atoms with van der Waals surface area (Å²) < 4.78 is 0. The van der Waals surface area contributed by atoms with E-state index in [0.717, 1.165) is 38.6 Å². The molecular formula is C35H20N4O4. The molecule has 1 aliphatic heterocycles. The number of carbonyl (C=O) groups is 4. The van der Waals surface area contributed by atoms with E-state index >= 15 is 0 Å². The SMILES string of the molecule is CN(C(=O)c1ccc2c3ccc4c5c(ccc(c6ccc(C=O)c1c62)c53)C(=O)N(c1ccncc1)C4=O)c1ccncc1. The van der Waals surface area contributed by atoms with Crippen molar-refractivity contribution in [2.45, 2.75) is 0 Å². The van der Waals surface area contributed by atoms with Crippen LogP contribution in [0.2, 0.25) is 0 Å². The minimum absolute atomic E-state index is 0.263. The van der Waals surface area contributed by atoms with Crippen LogP contribution in [-0.4, -0.2) is 41.0 Å². The van der Waals surface area contributed by atoms with E-state index in [2.05, 4.69) is 9.97 Å². The van der Waals surface area contributed by atoms with Crippen LogP contribution in [0.5, 0.6) is 0 Å². The Kier molecular flexibility index (Phi) is 5.17. The maximum absolute atomic E-state index is 13.9.